The second-order valence-corrected chi connectivity index (χ2v) is 15.2. The Balaban J connectivity index is 1.36. The molecule has 0 N–H and O–H groups in total. The number of hydrogen-bond acceptors (Lipinski definition) is 0. The van der Waals surface area contributed by atoms with Crippen LogP contribution in [0.5, 0.6) is 0 Å². The Bertz CT molecular complexity index is 2720. The molecule has 0 amide bonds. The second-order valence-electron chi connectivity index (χ2n) is 15.2. The molecule has 10 rings (SSSR count). The molecule has 0 atom stereocenters. The Hall–Kier alpha value is -5.46. The minimum Gasteiger partial charge on any atom is -0.0642 e. The van der Waals surface area contributed by atoms with Gasteiger partial charge in [0.05, 0.1) is 0 Å². The first-order valence-electron chi connectivity index (χ1n) is 19.4. The van der Waals surface area contributed by atoms with E-state index in [0.29, 0.717) is 0 Å². The van der Waals surface area contributed by atoms with E-state index >= 15 is 0 Å². The van der Waals surface area contributed by atoms with Gasteiger partial charge < -0.3 is 0 Å². The lowest BCUT2D eigenvalue weighted by Gasteiger charge is -2.32. The molecule has 0 saturated carbocycles. The summed E-state index contributed by atoms with van der Waals surface area (Å²) in [6.07, 6.45) is 4.33. The first-order chi connectivity index (χ1) is 25.6. The fraction of sp³-hybridized carbons (Fsp3) is 0.192. The van der Waals surface area contributed by atoms with Gasteiger partial charge >= 0.3 is 0 Å². The van der Waals surface area contributed by atoms with Crippen LogP contribution < -0.4 is 0 Å². The van der Waals surface area contributed by atoms with Crippen molar-refractivity contribution in [1.29, 1.82) is 0 Å². The third kappa shape index (κ3) is 4.04. The van der Waals surface area contributed by atoms with Crippen LogP contribution in [0.4, 0.5) is 0 Å². The zero-order valence-corrected chi connectivity index (χ0v) is 30.7. The van der Waals surface area contributed by atoms with E-state index < -0.39 is 0 Å². The molecule has 8 aromatic carbocycles. The largest absolute Gasteiger partial charge is 0.0642 e. The summed E-state index contributed by atoms with van der Waals surface area (Å²) in [6.45, 7) is 9.60. The van der Waals surface area contributed by atoms with Crippen LogP contribution in [-0.4, -0.2) is 0 Å². The summed E-state index contributed by atoms with van der Waals surface area (Å²) in [7, 11) is 0. The van der Waals surface area contributed by atoms with E-state index in [9.17, 15) is 0 Å². The molecule has 2 aliphatic carbocycles. The molecule has 0 nitrogen and oxygen atoms in total. The Morgan fingerprint density at radius 3 is 1.52 bits per heavy atom. The van der Waals surface area contributed by atoms with Crippen LogP contribution in [0.2, 0.25) is 0 Å². The summed E-state index contributed by atoms with van der Waals surface area (Å²) >= 11 is 0. The van der Waals surface area contributed by atoms with E-state index in [1.807, 2.05) is 0 Å². The lowest BCUT2D eigenvalue weighted by molar-refractivity contribution is 0.485. The quantitative estimate of drug-likeness (QED) is 0.155. The Kier molecular flexibility index (Phi) is 6.93. The zero-order valence-electron chi connectivity index (χ0n) is 30.7. The minimum absolute atomic E-state index is 0.0363. The van der Waals surface area contributed by atoms with E-state index in [2.05, 4.69) is 173 Å². The van der Waals surface area contributed by atoms with Gasteiger partial charge in [0.2, 0.25) is 0 Å². The molecule has 0 spiro atoms. The van der Waals surface area contributed by atoms with Crippen molar-refractivity contribution in [2.45, 2.75) is 64.2 Å². The van der Waals surface area contributed by atoms with Gasteiger partial charge in [0.1, 0.15) is 0 Å². The molecule has 0 bridgehead atoms. The highest BCUT2D eigenvalue weighted by Gasteiger charge is 2.46. The third-order valence-electron chi connectivity index (χ3n) is 13.4. The summed E-state index contributed by atoms with van der Waals surface area (Å²) in [5, 5.41) is 7.85. The summed E-state index contributed by atoms with van der Waals surface area (Å²) in [5.41, 5.74) is 17.0. The molecule has 0 radical (unpaired) electrons. The van der Waals surface area contributed by atoms with Gasteiger partial charge in [-0.2, -0.15) is 0 Å². The highest BCUT2D eigenvalue weighted by molar-refractivity contribution is 6.23. The average molecular weight is 669 g/mol. The molecule has 0 fully saturated rings. The first-order valence-corrected chi connectivity index (χ1v) is 19.4. The zero-order chi connectivity index (χ0) is 35.2. The summed E-state index contributed by atoms with van der Waals surface area (Å²) < 4.78 is 0. The van der Waals surface area contributed by atoms with Crippen LogP contribution in [0.3, 0.4) is 0 Å². The SMILES string of the molecule is CCC1(CC)c2ccccc2-c2cc3c(cc21)-c1cc2c(-c4ccc5ccccc5c4)c4ccccc4c(-c4ccccc4)c2cc1C3(CC)CC. The van der Waals surface area contributed by atoms with E-state index in [4.69, 9.17) is 0 Å². The van der Waals surface area contributed by atoms with Crippen molar-refractivity contribution in [2.75, 3.05) is 0 Å². The molecular formula is C52H44. The van der Waals surface area contributed by atoms with Crippen LogP contribution in [0, 0.1) is 0 Å². The van der Waals surface area contributed by atoms with Gasteiger partial charge in [-0.15, -0.1) is 0 Å². The van der Waals surface area contributed by atoms with Gasteiger partial charge in [0.15, 0.2) is 0 Å². The van der Waals surface area contributed by atoms with Crippen LogP contribution in [0.25, 0.3) is 76.8 Å². The van der Waals surface area contributed by atoms with Crippen LogP contribution in [-0.2, 0) is 10.8 Å². The Morgan fingerprint density at radius 2 is 0.827 bits per heavy atom. The molecule has 0 saturated heterocycles. The molecule has 0 heteroatoms. The standard InChI is InChI=1S/C52H44/c1-5-51(6-2)45-25-17-16-22-37(45)41-30-47-42(31-46(41)51)40-29-43-44(32-48(40)52(47,7-3)8-4)49(34-19-10-9-11-20-34)38-23-14-15-24-39(38)50(43)36-27-26-33-18-12-13-21-35(33)28-36/h9-32H,5-8H2,1-4H3. The number of benzene rings is 8. The summed E-state index contributed by atoms with van der Waals surface area (Å²) in [5.74, 6) is 0. The van der Waals surface area contributed by atoms with Crippen molar-refractivity contribution in [3.05, 3.63) is 168 Å². The van der Waals surface area contributed by atoms with Gasteiger partial charge in [-0.05, 0) is 155 Å². The molecule has 2 aliphatic rings. The molecule has 0 unspecified atom stereocenters. The normalized spacial score (nSPS) is 14.8. The maximum absolute atomic E-state index is 2.64. The molecule has 0 aliphatic heterocycles. The van der Waals surface area contributed by atoms with Crippen molar-refractivity contribution in [1.82, 2.24) is 0 Å². The van der Waals surface area contributed by atoms with Crippen molar-refractivity contribution in [2.24, 2.45) is 0 Å². The number of rotatable bonds is 6. The van der Waals surface area contributed by atoms with Gasteiger partial charge in [0.25, 0.3) is 0 Å². The topological polar surface area (TPSA) is 0 Å². The molecule has 8 aromatic rings. The van der Waals surface area contributed by atoms with E-state index in [-0.39, 0.29) is 10.8 Å². The number of fused-ring (bicyclic) bond motifs is 9. The third-order valence-corrected chi connectivity index (χ3v) is 13.4. The van der Waals surface area contributed by atoms with Gasteiger partial charge in [-0.3, -0.25) is 0 Å². The Labute approximate surface area is 307 Å². The molecule has 52 heavy (non-hydrogen) atoms. The van der Waals surface area contributed by atoms with Crippen molar-refractivity contribution in [3.63, 3.8) is 0 Å². The molecule has 0 heterocycles. The fourth-order valence-corrected chi connectivity index (χ4v) is 10.7. The van der Waals surface area contributed by atoms with Crippen molar-refractivity contribution in [3.8, 4) is 44.5 Å². The predicted molar refractivity (Wildman–Crippen MR) is 223 cm³/mol. The average Bonchev–Trinajstić information content (AvgIpc) is 3.64. The van der Waals surface area contributed by atoms with E-state index in [1.54, 1.807) is 0 Å². The highest BCUT2D eigenvalue weighted by atomic mass is 14.5. The molecule has 252 valence electrons. The van der Waals surface area contributed by atoms with Gasteiger partial charge in [0, 0.05) is 10.8 Å². The van der Waals surface area contributed by atoms with Crippen molar-refractivity contribution < 1.29 is 0 Å². The summed E-state index contributed by atoms with van der Waals surface area (Å²) in [6, 6.07) is 55.8. The lowest BCUT2D eigenvalue weighted by atomic mass is 9.71. The maximum Gasteiger partial charge on any atom is 0.0210 e. The van der Waals surface area contributed by atoms with Gasteiger partial charge in [-0.1, -0.05) is 143 Å². The van der Waals surface area contributed by atoms with Crippen LogP contribution in [0.15, 0.2) is 146 Å². The Morgan fingerprint density at radius 1 is 0.327 bits per heavy atom. The molecular weight excluding hydrogens is 625 g/mol. The lowest BCUT2D eigenvalue weighted by Crippen LogP contribution is -2.24. The number of hydrogen-bond donors (Lipinski definition) is 0. The van der Waals surface area contributed by atoms with Crippen LogP contribution in [0.1, 0.15) is 75.6 Å². The van der Waals surface area contributed by atoms with E-state index in [1.165, 1.54) is 99.1 Å². The smallest absolute Gasteiger partial charge is 0.0210 e. The highest BCUT2D eigenvalue weighted by Crippen LogP contribution is 2.61. The van der Waals surface area contributed by atoms with E-state index in [0.717, 1.165) is 25.7 Å². The van der Waals surface area contributed by atoms with Gasteiger partial charge in [-0.25, -0.2) is 0 Å². The van der Waals surface area contributed by atoms with Crippen molar-refractivity contribution >= 4 is 32.3 Å². The monoisotopic (exact) mass is 668 g/mol. The first kappa shape index (κ1) is 31.3. The minimum atomic E-state index is -0.0603. The maximum atomic E-state index is 2.64. The fourth-order valence-electron chi connectivity index (χ4n) is 10.7. The second kappa shape index (κ2) is 11.5. The molecule has 0 aromatic heterocycles. The van der Waals surface area contributed by atoms with Crippen LogP contribution >= 0.6 is 0 Å². The predicted octanol–water partition coefficient (Wildman–Crippen LogP) is 14.7. The summed E-state index contributed by atoms with van der Waals surface area (Å²) in [4.78, 5) is 0.